The Labute approximate surface area is 96.2 Å². The lowest BCUT2D eigenvalue weighted by Gasteiger charge is -2.36. The first kappa shape index (κ1) is 13.0. The molecule has 1 heterocycles. The van der Waals surface area contributed by atoms with E-state index in [1.165, 1.54) is 45.2 Å². The smallest absolute Gasteiger partial charge is 0.00190 e. The van der Waals surface area contributed by atoms with Crippen LogP contribution < -0.4 is 0 Å². The number of hydrogen-bond acceptors (Lipinski definition) is 1. The summed E-state index contributed by atoms with van der Waals surface area (Å²) in [6, 6.07) is 0. The van der Waals surface area contributed by atoms with Crippen LogP contribution in [0.4, 0.5) is 0 Å². The van der Waals surface area contributed by atoms with Gasteiger partial charge in [0.2, 0.25) is 0 Å². The van der Waals surface area contributed by atoms with Crippen LogP contribution in [0.2, 0.25) is 0 Å². The van der Waals surface area contributed by atoms with Crippen molar-refractivity contribution >= 4 is 0 Å². The highest BCUT2D eigenvalue weighted by Gasteiger charge is 2.26. The third-order valence-corrected chi connectivity index (χ3v) is 4.43. The second kappa shape index (κ2) is 6.52. The summed E-state index contributed by atoms with van der Waals surface area (Å²) in [4.78, 5) is 2.48. The van der Waals surface area contributed by atoms with E-state index >= 15 is 0 Å². The van der Waals surface area contributed by atoms with E-state index in [9.17, 15) is 0 Å². The van der Waals surface area contributed by atoms with Crippen LogP contribution in [-0.2, 0) is 0 Å². The average molecular weight is 211 g/mol. The second-order valence-corrected chi connectivity index (χ2v) is 5.46. The molecule has 1 saturated heterocycles. The zero-order valence-electron chi connectivity index (χ0n) is 11.1. The Kier molecular flexibility index (Phi) is 5.66. The Balaban J connectivity index is 2.40. The number of rotatable bonds is 5. The van der Waals surface area contributed by atoms with Crippen LogP contribution in [0.1, 0.15) is 52.9 Å². The highest BCUT2D eigenvalue weighted by Crippen LogP contribution is 2.33. The number of nitrogens with zero attached hydrogens (tertiary/aromatic N) is 1. The Morgan fingerprint density at radius 2 is 1.80 bits per heavy atom. The van der Waals surface area contributed by atoms with Gasteiger partial charge in [-0.1, -0.05) is 40.0 Å². The summed E-state index contributed by atoms with van der Waals surface area (Å²) in [6.07, 6.45) is 7.02. The minimum absolute atomic E-state index is 0.948. The van der Waals surface area contributed by atoms with E-state index in [4.69, 9.17) is 0 Å². The predicted molar refractivity (Wildman–Crippen MR) is 68.1 cm³/mol. The second-order valence-electron chi connectivity index (χ2n) is 5.46. The maximum atomic E-state index is 2.50. The van der Waals surface area contributed by atoms with Gasteiger partial charge in [0.15, 0.2) is 0 Å². The maximum absolute atomic E-state index is 2.50. The molecule has 0 aromatic heterocycles. The lowest BCUT2D eigenvalue weighted by molar-refractivity contribution is 0.136. The monoisotopic (exact) mass is 211 g/mol. The van der Waals surface area contributed by atoms with Crippen LogP contribution in [0.5, 0.6) is 0 Å². The molecule has 2 unspecified atom stereocenters. The Hall–Kier alpha value is -0.0400. The lowest BCUT2D eigenvalue weighted by atomic mass is 9.75. The van der Waals surface area contributed by atoms with Gasteiger partial charge >= 0.3 is 0 Å². The molecule has 0 aromatic rings. The molecule has 90 valence electrons. The molecule has 0 aromatic carbocycles. The van der Waals surface area contributed by atoms with Crippen molar-refractivity contribution in [1.29, 1.82) is 0 Å². The molecule has 1 heteroatoms. The minimum atomic E-state index is 0.948. The van der Waals surface area contributed by atoms with Crippen molar-refractivity contribution < 1.29 is 0 Å². The van der Waals surface area contributed by atoms with Crippen LogP contribution in [0, 0.1) is 17.8 Å². The molecule has 0 aliphatic carbocycles. The van der Waals surface area contributed by atoms with Crippen molar-refractivity contribution in [2.45, 2.75) is 52.9 Å². The van der Waals surface area contributed by atoms with Crippen LogP contribution >= 0.6 is 0 Å². The normalized spacial score (nSPS) is 24.0. The van der Waals surface area contributed by atoms with Gasteiger partial charge in [0.25, 0.3) is 0 Å². The zero-order chi connectivity index (χ0) is 11.3. The van der Waals surface area contributed by atoms with Gasteiger partial charge in [0.05, 0.1) is 0 Å². The first-order valence-corrected chi connectivity index (χ1v) is 6.87. The van der Waals surface area contributed by atoms with Gasteiger partial charge in [0.1, 0.15) is 0 Å². The minimum Gasteiger partial charge on any atom is -0.306 e. The molecule has 1 aliphatic heterocycles. The zero-order valence-corrected chi connectivity index (χ0v) is 11.1. The highest BCUT2D eigenvalue weighted by atomic mass is 15.1. The summed E-state index contributed by atoms with van der Waals surface area (Å²) in [5, 5.41) is 0. The van der Waals surface area contributed by atoms with Gasteiger partial charge < -0.3 is 4.90 Å². The molecule has 1 nitrogen and oxygen atoms in total. The third kappa shape index (κ3) is 3.79. The third-order valence-electron chi connectivity index (χ3n) is 4.43. The molecule has 0 bridgehead atoms. The summed E-state index contributed by atoms with van der Waals surface area (Å²) in [5.74, 6) is 2.92. The molecule has 15 heavy (non-hydrogen) atoms. The van der Waals surface area contributed by atoms with Crippen LogP contribution in [0.15, 0.2) is 0 Å². The molecule has 0 radical (unpaired) electrons. The van der Waals surface area contributed by atoms with Gasteiger partial charge in [-0.05, 0) is 50.7 Å². The van der Waals surface area contributed by atoms with Crippen LogP contribution in [0.3, 0.4) is 0 Å². The van der Waals surface area contributed by atoms with E-state index in [1.54, 1.807) is 0 Å². The van der Waals surface area contributed by atoms with Crippen molar-refractivity contribution in [3.05, 3.63) is 0 Å². The molecule has 0 amide bonds. The van der Waals surface area contributed by atoms with Crippen LogP contribution in [-0.4, -0.2) is 25.0 Å². The average Bonchev–Trinajstić information content (AvgIpc) is 2.26. The van der Waals surface area contributed by atoms with E-state index < -0.39 is 0 Å². The molecule has 1 fully saturated rings. The summed E-state index contributed by atoms with van der Waals surface area (Å²) < 4.78 is 0. The molecule has 0 saturated carbocycles. The fourth-order valence-electron chi connectivity index (χ4n) is 3.15. The summed E-state index contributed by atoms with van der Waals surface area (Å²) in [5.41, 5.74) is 0. The highest BCUT2D eigenvalue weighted by molar-refractivity contribution is 4.78. The van der Waals surface area contributed by atoms with E-state index in [0.717, 1.165) is 17.8 Å². The van der Waals surface area contributed by atoms with Gasteiger partial charge in [-0.15, -0.1) is 0 Å². The first-order valence-electron chi connectivity index (χ1n) is 6.87. The fourth-order valence-corrected chi connectivity index (χ4v) is 3.15. The topological polar surface area (TPSA) is 3.24 Å². The summed E-state index contributed by atoms with van der Waals surface area (Å²) >= 11 is 0. The number of likely N-dealkylation sites (tertiary alicyclic amines) is 1. The summed E-state index contributed by atoms with van der Waals surface area (Å²) in [6.45, 7) is 9.82. The molecule has 0 spiro atoms. The molecular weight excluding hydrogens is 182 g/mol. The van der Waals surface area contributed by atoms with Crippen molar-refractivity contribution in [2.75, 3.05) is 20.1 Å². The van der Waals surface area contributed by atoms with Crippen molar-refractivity contribution in [3.8, 4) is 0 Å². The van der Waals surface area contributed by atoms with E-state index in [0.29, 0.717) is 0 Å². The van der Waals surface area contributed by atoms with E-state index in [-0.39, 0.29) is 0 Å². The quantitative estimate of drug-likeness (QED) is 0.669. The maximum Gasteiger partial charge on any atom is -0.00190 e. The van der Waals surface area contributed by atoms with Gasteiger partial charge in [-0.2, -0.15) is 0 Å². The number of hydrogen-bond donors (Lipinski definition) is 0. The van der Waals surface area contributed by atoms with Crippen LogP contribution in [0.25, 0.3) is 0 Å². The Morgan fingerprint density at radius 1 is 1.20 bits per heavy atom. The van der Waals surface area contributed by atoms with Crippen molar-refractivity contribution in [3.63, 3.8) is 0 Å². The Morgan fingerprint density at radius 3 is 2.27 bits per heavy atom. The fraction of sp³-hybridized carbons (Fsp3) is 1.00. The van der Waals surface area contributed by atoms with Gasteiger partial charge in [-0.25, -0.2) is 0 Å². The van der Waals surface area contributed by atoms with Gasteiger partial charge in [0, 0.05) is 0 Å². The first-order chi connectivity index (χ1) is 7.19. The van der Waals surface area contributed by atoms with E-state index in [2.05, 4.69) is 32.7 Å². The van der Waals surface area contributed by atoms with Crippen molar-refractivity contribution in [2.24, 2.45) is 17.8 Å². The molecule has 0 N–H and O–H groups in total. The predicted octanol–water partition coefficient (Wildman–Crippen LogP) is 3.79. The van der Waals surface area contributed by atoms with Crippen molar-refractivity contribution in [1.82, 2.24) is 4.90 Å². The largest absolute Gasteiger partial charge is 0.306 e. The Bertz CT molecular complexity index is 159. The standard InChI is InChI=1S/C14H29N/c1-5-7-13(6-2)12(3)14-8-10-15(4)11-9-14/h12-14H,5-11H2,1-4H3. The van der Waals surface area contributed by atoms with E-state index in [1.807, 2.05) is 0 Å². The molecule has 1 aliphatic rings. The van der Waals surface area contributed by atoms with Gasteiger partial charge in [-0.3, -0.25) is 0 Å². The molecule has 2 atom stereocenters. The lowest BCUT2D eigenvalue weighted by Crippen LogP contribution is -2.34. The molecule has 1 rings (SSSR count). The SMILES string of the molecule is CCCC(CC)C(C)C1CCN(C)CC1. The summed E-state index contributed by atoms with van der Waals surface area (Å²) in [7, 11) is 2.25. The number of piperidine rings is 1. The molecular formula is C14H29N.